The molecule has 0 radical (unpaired) electrons. The van der Waals surface area contributed by atoms with E-state index in [1.165, 1.54) is 12.0 Å². The van der Waals surface area contributed by atoms with Gasteiger partial charge in [0.2, 0.25) is 0 Å². The second-order valence-electron chi connectivity index (χ2n) is 3.81. The SMILES string of the molecule is CNC(CCc1ccoc1)C(C)C. The molecule has 0 aromatic carbocycles. The zero-order valence-corrected chi connectivity index (χ0v) is 8.71. The number of aryl methyl sites for hydroxylation is 1. The number of furan rings is 1. The molecule has 1 heterocycles. The molecule has 0 spiro atoms. The van der Waals surface area contributed by atoms with Crippen LogP contribution in [0.5, 0.6) is 0 Å². The lowest BCUT2D eigenvalue weighted by Gasteiger charge is -2.19. The minimum absolute atomic E-state index is 0.606. The fourth-order valence-corrected chi connectivity index (χ4v) is 1.57. The molecule has 0 saturated carbocycles. The fourth-order valence-electron chi connectivity index (χ4n) is 1.57. The summed E-state index contributed by atoms with van der Waals surface area (Å²) in [4.78, 5) is 0. The van der Waals surface area contributed by atoms with Crippen LogP contribution in [0.4, 0.5) is 0 Å². The summed E-state index contributed by atoms with van der Waals surface area (Å²) in [6.45, 7) is 4.49. The van der Waals surface area contributed by atoms with Crippen LogP contribution in [0, 0.1) is 5.92 Å². The molecule has 0 amide bonds. The van der Waals surface area contributed by atoms with E-state index >= 15 is 0 Å². The molecule has 1 aromatic rings. The molecule has 1 unspecified atom stereocenters. The van der Waals surface area contributed by atoms with Gasteiger partial charge in [-0.15, -0.1) is 0 Å². The van der Waals surface area contributed by atoms with Crippen LogP contribution in [0.15, 0.2) is 23.0 Å². The van der Waals surface area contributed by atoms with Gasteiger partial charge in [0.25, 0.3) is 0 Å². The standard InChI is InChI=1S/C11H19NO/c1-9(2)11(12-3)5-4-10-6-7-13-8-10/h6-9,11-12H,4-5H2,1-3H3. The van der Waals surface area contributed by atoms with Gasteiger partial charge in [0, 0.05) is 6.04 Å². The molecule has 0 aliphatic carbocycles. The quantitative estimate of drug-likeness (QED) is 0.754. The average Bonchev–Trinajstić information content (AvgIpc) is 2.57. The van der Waals surface area contributed by atoms with E-state index in [0.29, 0.717) is 12.0 Å². The summed E-state index contributed by atoms with van der Waals surface area (Å²) < 4.78 is 5.02. The van der Waals surface area contributed by atoms with Crippen LogP contribution in [0.25, 0.3) is 0 Å². The summed E-state index contributed by atoms with van der Waals surface area (Å²) in [5.74, 6) is 0.692. The normalized spacial score (nSPS) is 13.5. The first-order valence-electron chi connectivity index (χ1n) is 4.92. The van der Waals surface area contributed by atoms with Crippen molar-refractivity contribution in [1.82, 2.24) is 5.32 Å². The van der Waals surface area contributed by atoms with Crippen molar-refractivity contribution in [3.8, 4) is 0 Å². The van der Waals surface area contributed by atoms with Crippen LogP contribution in [0.1, 0.15) is 25.8 Å². The predicted octanol–water partition coefficient (Wildman–Crippen LogP) is 2.46. The van der Waals surface area contributed by atoms with Crippen molar-refractivity contribution in [1.29, 1.82) is 0 Å². The van der Waals surface area contributed by atoms with Crippen molar-refractivity contribution >= 4 is 0 Å². The second kappa shape index (κ2) is 5.07. The zero-order chi connectivity index (χ0) is 9.68. The summed E-state index contributed by atoms with van der Waals surface area (Å²) in [6, 6.07) is 2.64. The topological polar surface area (TPSA) is 25.2 Å². The van der Waals surface area contributed by atoms with Crippen LogP contribution in [0.3, 0.4) is 0 Å². The molecule has 0 aliphatic rings. The Morgan fingerprint density at radius 2 is 2.23 bits per heavy atom. The van der Waals surface area contributed by atoms with Crippen molar-refractivity contribution in [3.05, 3.63) is 24.2 Å². The monoisotopic (exact) mass is 181 g/mol. The van der Waals surface area contributed by atoms with Gasteiger partial charge >= 0.3 is 0 Å². The summed E-state index contributed by atoms with van der Waals surface area (Å²) in [6.07, 6.45) is 5.83. The van der Waals surface area contributed by atoms with Crippen molar-refractivity contribution in [3.63, 3.8) is 0 Å². The number of hydrogen-bond donors (Lipinski definition) is 1. The Labute approximate surface area is 80.3 Å². The Balaban J connectivity index is 2.32. The van der Waals surface area contributed by atoms with Gasteiger partial charge in [0.15, 0.2) is 0 Å². The number of rotatable bonds is 5. The van der Waals surface area contributed by atoms with Crippen LogP contribution in [0.2, 0.25) is 0 Å². The summed E-state index contributed by atoms with van der Waals surface area (Å²) >= 11 is 0. The molecule has 1 rings (SSSR count). The first kappa shape index (κ1) is 10.3. The predicted molar refractivity (Wildman–Crippen MR) is 54.7 cm³/mol. The lowest BCUT2D eigenvalue weighted by molar-refractivity contribution is 0.402. The molecule has 0 saturated heterocycles. The van der Waals surface area contributed by atoms with E-state index in [4.69, 9.17) is 4.42 Å². The number of hydrogen-bond acceptors (Lipinski definition) is 2. The van der Waals surface area contributed by atoms with Gasteiger partial charge in [-0.2, -0.15) is 0 Å². The van der Waals surface area contributed by atoms with E-state index in [0.717, 1.165) is 6.42 Å². The Bertz CT molecular complexity index is 216. The molecule has 74 valence electrons. The highest BCUT2D eigenvalue weighted by Crippen LogP contribution is 2.10. The second-order valence-corrected chi connectivity index (χ2v) is 3.81. The van der Waals surface area contributed by atoms with Gasteiger partial charge in [0.1, 0.15) is 0 Å². The average molecular weight is 181 g/mol. The Kier molecular flexibility index (Phi) is 4.03. The Hall–Kier alpha value is -0.760. The van der Waals surface area contributed by atoms with E-state index in [2.05, 4.69) is 19.2 Å². The minimum Gasteiger partial charge on any atom is -0.472 e. The smallest absolute Gasteiger partial charge is 0.0934 e. The highest BCUT2D eigenvalue weighted by atomic mass is 16.3. The largest absolute Gasteiger partial charge is 0.472 e. The maximum atomic E-state index is 5.02. The van der Waals surface area contributed by atoms with Crippen LogP contribution in [-0.4, -0.2) is 13.1 Å². The van der Waals surface area contributed by atoms with Crippen LogP contribution >= 0.6 is 0 Å². The molecule has 0 bridgehead atoms. The first-order valence-corrected chi connectivity index (χ1v) is 4.92. The van der Waals surface area contributed by atoms with E-state index in [-0.39, 0.29) is 0 Å². The molecule has 1 atom stereocenters. The molecular weight excluding hydrogens is 162 g/mol. The van der Waals surface area contributed by atoms with Crippen molar-refractivity contribution in [2.24, 2.45) is 5.92 Å². The van der Waals surface area contributed by atoms with Gasteiger partial charge < -0.3 is 9.73 Å². The molecule has 2 heteroatoms. The highest BCUT2D eigenvalue weighted by Gasteiger charge is 2.10. The summed E-state index contributed by atoms with van der Waals surface area (Å²) in [7, 11) is 2.03. The Morgan fingerprint density at radius 3 is 2.69 bits per heavy atom. The summed E-state index contributed by atoms with van der Waals surface area (Å²) in [5.41, 5.74) is 1.29. The lowest BCUT2D eigenvalue weighted by atomic mass is 9.98. The lowest BCUT2D eigenvalue weighted by Crippen LogP contribution is -2.30. The van der Waals surface area contributed by atoms with Crippen molar-refractivity contribution in [2.45, 2.75) is 32.7 Å². The van der Waals surface area contributed by atoms with Gasteiger partial charge in [-0.25, -0.2) is 0 Å². The Morgan fingerprint density at radius 1 is 1.46 bits per heavy atom. The third-order valence-electron chi connectivity index (χ3n) is 2.50. The van der Waals surface area contributed by atoms with Gasteiger partial charge in [0.05, 0.1) is 12.5 Å². The number of nitrogens with one attached hydrogen (secondary N) is 1. The third kappa shape index (κ3) is 3.23. The van der Waals surface area contributed by atoms with E-state index in [1.807, 2.05) is 19.4 Å². The van der Waals surface area contributed by atoms with Gasteiger partial charge in [-0.05, 0) is 37.4 Å². The zero-order valence-electron chi connectivity index (χ0n) is 8.71. The molecule has 0 fully saturated rings. The molecule has 13 heavy (non-hydrogen) atoms. The van der Waals surface area contributed by atoms with E-state index in [1.54, 1.807) is 6.26 Å². The van der Waals surface area contributed by atoms with Crippen LogP contribution < -0.4 is 5.32 Å². The van der Waals surface area contributed by atoms with Crippen LogP contribution in [-0.2, 0) is 6.42 Å². The molecule has 1 aromatic heterocycles. The maximum absolute atomic E-state index is 5.02. The van der Waals surface area contributed by atoms with E-state index < -0.39 is 0 Å². The summed E-state index contributed by atoms with van der Waals surface area (Å²) in [5, 5.41) is 3.33. The first-order chi connectivity index (χ1) is 6.24. The molecule has 1 N–H and O–H groups in total. The van der Waals surface area contributed by atoms with Gasteiger partial charge in [-0.3, -0.25) is 0 Å². The van der Waals surface area contributed by atoms with Crippen molar-refractivity contribution < 1.29 is 4.42 Å². The van der Waals surface area contributed by atoms with Gasteiger partial charge in [-0.1, -0.05) is 13.8 Å². The third-order valence-corrected chi connectivity index (χ3v) is 2.50. The molecule has 0 aliphatic heterocycles. The minimum atomic E-state index is 0.606. The van der Waals surface area contributed by atoms with Crippen molar-refractivity contribution in [2.75, 3.05) is 7.05 Å². The molecule has 2 nitrogen and oxygen atoms in total. The maximum Gasteiger partial charge on any atom is 0.0934 e. The molecular formula is C11H19NO. The fraction of sp³-hybridized carbons (Fsp3) is 0.636. The van der Waals surface area contributed by atoms with E-state index in [9.17, 15) is 0 Å². The highest BCUT2D eigenvalue weighted by molar-refractivity contribution is 5.05.